The smallest absolute Gasteiger partial charge is 0.0485 e. The van der Waals surface area contributed by atoms with Crippen molar-refractivity contribution >= 4 is 0 Å². The Morgan fingerprint density at radius 3 is 3.00 bits per heavy atom. The number of hydrogen-bond donors (Lipinski definition) is 1. The lowest BCUT2D eigenvalue weighted by molar-refractivity contribution is 0.620. The average Bonchev–Trinajstić information content (AvgIpc) is 1.85. The maximum absolute atomic E-state index is 3.25. The Labute approximate surface area is 43.4 Å². The third kappa shape index (κ3) is 0.328. The Balaban J connectivity index is 2.24. The normalized spacial score (nSPS) is 35.4. The second-order valence-corrected chi connectivity index (χ2v) is 2.33. The van der Waals surface area contributed by atoms with Crippen molar-refractivity contribution in [2.75, 3.05) is 0 Å². The Morgan fingerprint density at radius 1 is 1.71 bits per heavy atom. The summed E-state index contributed by atoms with van der Waals surface area (Å²) in [6, 6.07) is 0.806. The fourth-order valence-electron chi connectivity index (χ4n) is 1.34. The predicted molar refractivity (Wildman–Crippen MR) is 28.9 cm³/mol. The van der Waals surface area contributed by atoms with Crippen LogP contribution >= 0.6 is 0 Å². The van der Waals surface area contributed by atoms with Crippen LogP contribution in [0.25, 0.3) is 0 Å². The van der Waals surface area contributed by atoms with Gasteiger partial charge in [-0.15, -0.1) is 0 Å². The van der Waals surface area contributed by atoms with Crippen LogP contribution in [0.4, 0.5) is 0 Å². The first-order valence-electron chi connectivity index (χ1n) is 2.92. The summed E-state index contributed by atoms with van der Waals surface area (Å²) in [5.74, 6) is 0. The van der Waals surface area contributed by atoms with Gasteiger partial charge in [0.05, 0.1) is 0 Å². The molecule has 2 rings (SSSR count). The summed E-state index contributed by atoms with van der Waals surface area (Å²) < 4.78 is 0. The van der Waals surface area contributed by atoms with E-state index in [2.05, 4.69) is 11.5 Å². The van der Waals surface area contributed by atoms with Crippen molar-refractivity contribution in [2.24, 2.45) is 0 Å². The first kappa shape index (κ1) is 3.53. The lowest BCUT2D eigenvalue weighted by Crippen LogP contribution is -2.31. The summed E-state index contributed by atoms with van der Waals surface area (Å²) in [4.78, 5) is 0. The summed E-state index contributed by atoms with van der Waals surface area (Å²) in [5.41, 5.74) is 1.65. The van der Waals surface area contributed by atoms with Crippen LogP contribution in [0.2, 0.25) is 0 Å². The zero-order valence-electron chi connectivity index (χ0n) is 4.28. The Kier molecular flexibility index (Phi) is 0.518. The molecule has 1 nitrogen and oxygen atoms in total. The van der Waals surface area contributed by atoms with Crippen LogP contribution in [-0.4, -0.2) is 6.04 Å². The number of nitrogens with one attached hydrogen (secondary N) is 1. The van der Waals surface area contributed by atoms with Gasteiger partial charge in [0.2, 0.25) is 0 Å². The highest BCUT2D eigenvalue weighted by molar-refractivity contribution is 5.23. The quantitative estimate of drug-likeness (QED) is 0.473. The van der Waals surface area contributed by atoms with E-state index in [0.29, 0.717) is 0 Å². The summed E-state index contributed by atoms with van der Waals surface area (Å²) in [6.45, 7) is 0. The predicted octanol–water partition coefficient (Wildman–Crippen LogP) is 1.03. The molecule has 0 spiro atoms. The number of rotatable bonds is 0. The maximum Gasteiger partial charge on any atom is 0.0485 e. The highest BCUT2D eigenvalue weighted by atomic mass is 15.0. The maximum atomic E-state index is 3.25. The fourth-order valence-corrected chi connectivity index (χ4v) is 1.34. The molecule has 1 N–H and O–H groups in total. The third-order valence-electron chi connectivity index (χ3n) is 1.88. The zero-order valence-corrected chi connectivity index (χ0v) is 4.28. The average molecular weight is 95.1 g/mol. The van der Waals surface area contributed by atoms with Crippen LogP contribution in [0.1, 0.15) is 19.3 Å². The van der Waals surface area contributed by atoms with Gasteiger partial charge >= 0.3 is 0 Å². The molecule has 0 bridgehead atoms. The van der Waals surface area contributed by atoms with E-state index in [0.717, 1.165) is 6.04 Å². The third-order valence-corrected chi connectivity index (χ3v) is 1.88. The van der Waals surface area contributed by atoms with Crippen LogP contribution in [0.5, 0.6) is 0 Å². The number of fused-ring (bicyclic) bond motifs is 1. The van der Waals surface area contributed by atoms with Crippen LogP contribution in [0, 0.1) is 0 Å². The molecular weight excluding hydrogens is 86.1 g/mol. The Hall–Kier alpha value is -0.460. The molecule has 38 valence electrons. The summed E-state index contributed by atoms with van der Waals surface area (Å²) in [6.07, 6.45) is 6.30. The molecule has 1 heteroatoms. The zero-order chi connectivity index (χ0) is 4.69. The molecular formula is C6H9N. The van der Waals surface area contributed by atoms with E-state index < -0.39 is 0 Å². The lowest BCUT2D eigenvalue weighted by atomic mass is 10.1. The minimum atomic E-state index is 0.806. The first-order valence-corrected chi connectivity index (χ1v) is 2.92. The van der Waals surface area contributed by atoms with Crippen molar-refractivity contribution in [3.8, 4) is 0 Å². The molecule has 7 heavy (non-hydrogen) atoms. The molecule has 1 saturated carbocycles. The largest absolute Gasteiger partial charge is 0.384 e. The van der Waals surface area contributed by atoms with E-state index in [-0.39, 0.29) is 0 Å². The van der Waals surface area contributed by atoms with Gasteiger partial charge in [-0.1, -0.05) is 0 Å². The molecule has 0 saturated heterocycles. The van der Waals surface area contributed by atoms with Crippen LogP contribution in [-0.2, 0) is 0 Å². The van der Waals surface area contributed by atoms with Gasteiger partial charge in [0.1, 0.15) is 0 Å². The van der Waals surface area contributed by atoms with Gasteiger partial charge in [-0.25, -0.2) is 0 Å². The minimum absolute atomic E-state index is 0.806. The molecule has 0 aromatic heterocycles. The van der Waals surface area contributed by atoms with Crippen LogP contribution in [0.15, 0.2) is 11.8 Å². The van der Waals surface area contributed by atoms with Crippen molar-refractivity contribution < 1.29 is 0 Å². The molecule has 2 aliphatic rings. The van der Waals surface area contributed by atoms with Crippen molar-refractivity contribution in [3.63, 3.8) is 0 Å². The van der Waals surface area contributed by atoms with E-state index in [4.69, 9.17) is 0 Å². The van der Waals surface area contributed by atoms with Gasteiger partial charge < -0.3 is 5.32 Å². The molecule has 0 aromatic rings. The van der Waals surface area contributed by atoms with E-state index >= 15 is 0 Å². The van der Waals surface area contributed by atoms with Crippen molar-refractivity contribution in [1.82, 2.24) is 5.32 Å². The van der Waals surface area contributed by atoms with Crippen molar-refractivity contribution in [1.29, 1.82) is 0 Å². The molecule has 1 atom stereocenters. The van der Waals surface area contributed by atoms with E-state index in [1.165, 1.54) is 19.3 Å². The highest BCUT2D eigenvalue weighted by Crippen LogP contribution is 2.29. The van der Waals surface area contributed by atoms with E-state index in [9.17, 15) is 0 Å². The monoisotopic (exact) mass is 95.1 g/mol. The molecule has 1 unspecified atom stereocenters. The van der Waals surface area contributed by atoms with E-state index in [1.54, 1.807) is 5.57 Å². The number of hydrogen-bond acceptors (Lipinski definition) is 1. The summed E-state index contributed by atoms with van der Waals surface area (Å²) in [5, 5.41) is 3.25. The second-order valence-electron chi connectivity index (χ2n) is 2.33. The van der Waals surface area contributed by atoms with Gasteiger partial charge in [0, 0.05) is 6.04 Å². The lowest BCUT2D eigenvalue weighted by Gasteiger charge is -2.21. The minimum Gasteiger partial charge on any atom is -0.384 e. The first-order chi connectivity index (χ1) is 3.47. The molecule has 0 amide bonds. The van der Waals surface area contributed by atoms with Gasteiger partial charge in [-0.3, -0.25) is 0 Å². The molecule has 0 radical (unpaired) electrons. The Bertz CT molecular complexity index is 115. The SMILES string of the molecule is C1=C2CCCC2N1. The van der Waals surface area contributed by atoms with Crippen LogP contribution in [0.3, 0.4) is 0 Å². The molecule has 1 aliphatic carbocycles. The molecule has 0 aromatic carbocycles. The topological polar surface area (TPSA) is 12.0 Å². The van der Waals surface area contributed by atoms with Crippen molar-refractivity contribution in [2.45, 2.75) is 25.3 Å². The summed E-state index contributed by atoms with van der Waals surface area (Å²) in [7, 11) is 0. The summed E-state index contributed by atoms with van der Waals surface area (Å²) >= 11 is 0. The second kappa shape index (κ2) is 1.03. The van der Waals surface area contributed by atoms with E-state index in [1.807, 2.05) is 0 Å². The highest BCUT2D eigenvalue weighted by Gasteiger charge is 2.24. The van der Waals surface area contributed by atoms with Gasteiger partial charge in [-0.05, 0) is 31.0 Å². The fraction of sp³-hybridized carbons (Fsp3) is 0.667. The van der Waals surface area contributed by atoms with Crippen LogP contribution < -0.4 is 5.32 Å². The standard InChI is InChI=1S/C6H9N/c1-2-5-4-7-6(5)3-1/h4,6-7H,1-3H2. The van der Waals surface area contributed by atoms with Gasteiger partial charge in [-0.2, -0.15) is 0 Å². The van der Waals surface area contributed by atoms with Gasteiger partial charge in [0.15, 0.2) is 0 Å². The van der Waals surface area contributed by atoms with Gasteiger partial charge in [0.25, 0.3) is 0 Å². The van der Waals surface area contributed by atoms with Crippen molar-refractivity contribution in [3.05, 3.63) is 11.8 Å². The molecule has 1 fully saturated rings. The molecule has 1 heterocycles. The Morgan fingerprint density at radius 2 is 2.71 bits per heavy atom. The molecule has 1 aliphatic heterocycles.